The molecule has 1 N–H and O–H groups in total. The van der Waals surface area contributed by atoms with Gasteiger partial charge in [0, 0.05) is 17.6 Å². The van der Waals surface area contributed by atoms with Gasteiger partial charge in [-0.05, 0) is 67.7 Å². The highest BCUT2D eigenvalue weighted by molar-refractivity contribution is 9.10. The minimum Gasteiger partial charge on any atom is -0.350 e. The van der Waals surface area contributed by atoms with Gasteiger partial charge in [-0.1, -0.05) is 40.2 Å². The SMILES string of the molecule is Cc1cc(N(CC(=O)NCc2ccccc2CN2CCCC2)S(C)(=O)=O)ccc1Br. The zero-order chi connectivity index (χ0) is 21.7. The van der Waals surface area contributed by atoms with Crippen LogP contribution < -0.4 is 9.62 Å². The summed E-state index contributed by atoms with van der Waals surface area (Å²) in [6.45, 7) is 5.09. The van der Waals surface area contributed by atoms with Crippen molar-refractivity contribution in [2.24, 2.45) is 0 Å². The summed E-state index contributed by atoms with van der Waals surface area (Å²) in [6, 6.07) is 13.3. The molecule has 1 amide bonds. The molecule has 0 atom stereocenters. The minimum atomic E-state index is -3.60. The predicted octanol–water partition coefficient (Wildman–Crippen LogP) is 3.44. The van der Waals surface area contributed by atoms with Crippen molar-refractivity contribution in [1.82, 2.24) is 10.2 Å². The summed E-state index contributed by atoms with van der Waals surface area (Å²) < 4.78 is 26.7. The second kappa shape index (κ2) is 9.94. The third-order valence-corrected chi connectivity index (χ3v) is 7.33. The first-order chi connectivity index (χ1) is 14.2. The summed E-state index contributed by atoms with van der Waals surface area (Å²) in [6.07, 6.45) is 3.58. The molecule has 30 heavy (non-hydrogen) atoms. The first-order valence-corrected chi connectivity index (χ1v) is 12.7. The molecule has 6 nitrogen and oxygen atoms in total. The number of nitrogens with one attached hydrogen (secondary N) is 1. The van der Waals surface area contributed by atoms with Crippen LogP contribution in [0.5, 0.6) is 0 Å². The number of rotatable bonds is 8. The molecule has 1 aliphatic heterocycles. The molecule has 1 saturated heterocycles. The van der Waals surface area contributed by atoms with Gasteiger partial charge in [-0.3, -0.25) is 14.0 Å². The van der Waals surface area contributed by atoms with Crippen LogP contribution in [0.3, 0.4) is 0 Å². The third-order valence-electron chi connectivity index (χ3n) is 5.30. The van der Waals surface area contributed by atoms with Crippen LogP contribution in [0, 0.1) is 6.92 Å². The largest absolute Gasteiger partial charge is 0.350 e. The number of carbonyl (C=O) groups is 1. The van der Waals surface area contributed by atoms with Gasteiger partial charge in [0.15, 0.2) is 0 Å². The van der Waals surface area contributed by atoms with Crippen molar-refractivity contribution in [1.29, 1.82) is 0 Å². The van der Waals surface area contributed by atoms with Gasteiger partial charge in [0.2, 0.25) is 15.9 Å². The van der Waals surface area contributed by atoms with Crippen molar-refractivity contribution in [3.8, 4) is 0 Å². The van der Waals surface area contributed by atoms with Gasteiger partial charge < -0.3 is 5.32 Å². The van der Waals surface area contributed by atoms with Crippen LogP contribution in [0.4, 0.5) is 5.69 Å². The highest BCUT2D eigenvalue weighted by Gasteiger charge is 2.21. The molecule has 8 heteroatoms. The summed E-state index contributed by atoms with van der Waals surface area (Å²) in [7, 11) is -3.60. The van der Waals surface area contributed by atoms with Crippen molar-refractivity contribution in [3.63, 3.8) is 0 Å². The molecule has 0 aromatic heterocycles. The van der Waals surface area contributed by atoms with E-state index < -0.39 is 10.0 Å². The van der Waals surface area contributed by atoms with Crippen LogP contribution in [0.1, 0.15) is 29.5 Å². The van der Waals surface area contributed by atoms with E-state index in [1.807, 2.05) is 25.1 Å². The maximum Gasteiger partial charge on any atom is 0.241 e. The molecule has 2 aromatic rings. The van der Waals surface area contributed by atoms with Gasteiger partial charge in [-0.15, -0.1) is 0 Å². The number of amides is 1. The number of hydrogen-bond acceptors (Lipinski definition) is 4. The molecular formula is C22H28BrN3O3S. The molecular weight excluding hydrogens is 466 g/mol. The van der Waals surface area contributed by atoms with Gasteiger partial charge in [0.05, 0.1) is 11.9 Å². The van der Waals surface area contributed by atoms with Crippen molar-refractivity contribution in [2.45, 2.75) is 32.9 Å². The van der Waals surface area contributed by atoms with E-state index in [2.05, 4.69) is 32.2 Å². The first-order valence-electron chi connectivity index (χ1n) is 10.0. The number of sulfonamides is 1. The quantitative estimate of drug-likeness (QED) is 0.611. The maximum absolute atomic E-state index is 12.6. The van der Waals surface area contributed by atoms with Gasteiger partial charge in [0.1, 0.15) is 6.54 Å². The summed E-state index contributed by atoms with van der Waals surface area (Å²) >= 11 is 3.42. The number of benzene rings is 2. The average molecular weight is 494 g/mol. The lowest BCUT2D eigenvalue weighted by molar-refractivity contribution is -0.119. The van der Waals surface area contributed by atoms with E-state index >= 15 is 0 Å². The Labute approximate surface area is 187 Å². The van der Waals surface area contributed by atoms with Crippen LogP contribution in [0.15, 0.2) is 46.9 Å². The summed E-state index contributed by atoms with van der Waals surface area (Å²) in [5.74, 6) is -0.336. The Balaban J connectivity index is 1.67. The Morgan fingerprint density at radius 2 is 1.80 bits per heavy atom. The number of anilines is 1. The maximum atomic E-state index is 12.6. The zero-order valence-corrected chi connectivity index (χ0v) is 19.8. The number of hydrogen-bond donors (Lipinski definition) is 1. The second-order valence-electron chi connectivity index (χ2n) is 7.73. The van der Waals surface area contributed by atoms with Crippen LogP contribution in [0.25, 0.3) is 0 Å². The van der Waals surface area contributed by atoms with Gasteiger partial charge >= 0.3 is 0 Å². The Morgan fingerprint density at radius 1 is 1.13 bits per heavy atom. The van der Waals surface area contributed by atoms with Crippen LogP contribution >= 0.6 is 15.9 Å². The van der Waals surface area contributed by atoms with E-state index in [1.54, 1.807) is 18.2 Å². The fraction of sp³-hybridized carbons (Fsp3) is 0.409. The van der Waals surface area contributed by atoms with E-state index in [-0.39, 0.29) is 12.5 Å². The molecule has 0 radical (unpaired) electrons. The minimum absolute atomic E-state index is 0.256. The molecule has 0 spiro atoms. The number of carbonyl (C=O) groups excluding carboxylic acids is 1. The molecule has 1 heterocycles. The van der Waals surface area contributed by atoms with Crippen LogP contribution in [-0.2, 0) is 27.9 Å². The summed E-state index contributed by atoms with van der Waals surface area (Å²) in [4.78, 5) is 15.0. The molecule has 3 rings (SSSR count). The Kier molecular flexibility index (Phi) is 7.55. The number of aryl methyl sites for hydroxylation is 1. The fourth-order valence-corrected chi connectivity index (χ4v) is 4.72. The van der Waals surface area contributed by atoms with Crippen molar-refractivity contribution >= 4 is 37.5 Å². The number of halogens is 1. The lowest BCUT2D eigenvalue weighted by Gasteiger charge is -2.23. The fourth-order valence-electron chi connectivity index (χ4n) is 3.63. The van der Waals surface area contributed by atoms with E-state index in [9.17, 15) is 13.2 Å². The Morgan fingerprint density at radius 3 is 2.43 bits per heavy atom. The standard InChI is InChI=1S/C22H28BrN3O3S/c1-17-13-20(9-10-21(17)23)26(30(2,28)29)16-22(27)24-14-18-7-3-4-8-19(18)15-25-11-5-6-12-25/h3-4,7-10,13H,5-6,11-12,14-16H2,1-2H3,(H,24,27). The molecule has 0 aliphatic carbocycles. The lowest BCUT2D eigenvalue weighted by Crippen LogP contribution is -2.40. The normalized spacial score (nSPS) is 14.6. The molecule has 0 unspecified atom stereocenters. The Bertz CT molecular complexity index is 1000. The average Bonchev–Trinajstić information content (AvgIpc) is 3.20. The van der Waals surface area contributed by atoms with Crippen LogP contribution in [0.2, 0.25) is 0 Å². The second-order valence-corrected chi connectivity index (χ2v) is 10.5. The third kappa shape index (κ3) is 6.06. The van der Waals surface area contributed by atoms with Crippen molar-refractivity contribution in [2.75, 3.05) is 30.2 Å². The highest BCUT2D eigenvalue weighted by Crippen LogP contribution is 2.24. The first kappa shape index (κ1) is 22.8. The number of nitrogens with zero attached hydrogens (tertiary/aromatic N) is 2. The van der Waals surface area contributed by atoms with E-state index in [0.717, 1.165) is 45.8 Å². The van der Waals surface area contributed by atoms with E-state index in [4.69, 9.17) is 0 Å². The topological polar surface area (TPSA) is 69.7 Å². The Hall–Kier alpha value is -1.90. The van der Waals surface area contributed by atoms with Crippen molar-refractivity contribution < 1.29 is 13.2 Å². The molecule has 1 aliphatic rings. The lowest BCUT2D eigenvalue weighted by atomic mass is 10.1. The van der Waals surface area contributed by atoms with Crippen molar-refractivity contribution in [3.05, 3.63) is 63.6 Å². The van der Waals surface area contributed by atoms with E-state index in [0.29, 0.717) is 12.2 Å². The molecule has 0 saturated carbocycles. The molecule has 162 valence electrons. The van der Waals surface area contributed by atoms with Gasteiger partial charge in [0.25, 0.3) is 0 Å². The molecule has 2 aromatic carbocycles. The molecule has 1 fully saturated rings. The highest BCUT2D eigenvalue weighted by atomic mass is 79.9. The molecule has 0 bridgehead atoms. The smallest absolute Gasteiger partial charge is 0.241 e. The predicted molar refractivity (Wildman–Crippen MR) is 124 cm³/mol. The number of likely N-dealkylation sites (tertiary alicyclic amines) is 1. The van der Waals surface area contributed by atoms with Gasteiger partial charge in [-0.2, -0.15) is 0 Å². The summed E-state index contributed by atoms with van der Waals surface area (Å²) in [5, 5.41) is 2.89. The van der Waals surface area contributed by atoms with Gasteiger partial charge in [-0.25, -0.2) is 8.42 Å². The zero-order valence-electron chi connectivity index (χ0n) is 17.4. The van der Waals surface area contributed by atoms with Crippen LogP contribution in [-0.4, -0.2) is 45.1 Å². The monoisotopic (exact) mass is 493 g/mol. The summed E-state index contributed by atoms with van der Waals surface area (Å²) in [5.41, 5.74) is 3.63. The van der Waals surface area contributed by atoms with E-state index in [1.165, 1.54) is 18.4 Å².